The van der Waals surface area contributed by atoms with Gasteiger partial charge in [0.2, 0.25) is 0 Å². The van der Waals surface area contributed by atoms with Crippen LogP contribution < -0.4 is 16.4 Å². The molecule has 50 heavy (non-hydrogen) atoms. The van der Waals surface area contributed by atoms with E-state index in [1.807, 2.05) is 0 Å². The summed E-state index contributed by atoms with van der Waals surface area (Å²) in [6.07, 6.45) is 0. The topological polar surface area (TPSA) is 9.86 Å². The van der Waals surface area contributed by atoms with Crippen LogP contribution >= 0.6 is 0 Å². The molecule has 3 heteroatoms. The van der Waals surface area contributed by atoms with Crippen molar-refractivity contribution in [2.75, 3.05) is 0 Å². The Balaban J connectivity index is 1.36. The van der Waals surface area contributed by atoms with Gasteiger partial charge in [-0.3, -0.25) is 0 Å². The zero-order valence-corrected chi connectivity index (χ0v) is 28.4. The predicted octanol–water partition coefficient (Wildman–Crippen LogP) is 8.93. The molecule has 232 valence electrons. The van der Waals surface area contributed by atoms with Gasteiger partial charge in [0.05, 0.1) is 10.9 Å². The molecule has 13 rings (SSSR count). The van der Waals surface area contributed by atoms with Gasteiger partial charge in [0, 0.05) is 44.3 Å². The van der Waals surface area contributed by atoms with Crippen LogP contribution in [-0.2, 0) is 5.41 Å². The maximum absolute atomic E-state index is 2.71. The average Bonchev–Trinajstić information content (AvgIpc) is 3.71. The minimum absolute atomic E-state index is 0.112. The molecular formula is C47H31BN2. The van der Waals surface area contributed by atoms with Crippen LogP contribution in [0.2, 0.25) is 0 Å². The van der Waals surface area contributed by atoms with Gasteiger partial charge in [-0.05, 0) is 118 Å². The Morgan fingerprint density at radius 1 is 0.500 bits per heavy atom. The molecule has 0 atom stereocenters. The largest absolute Gasteiger partial charge is 0.315 e. The van der Waals surface area contributed by atoms with Gasteiger partial charge in [0.1, 0.15) is 0 Å². The molecule has 0 fully saturated rings. The first-order valence-corrected chi connectivity index (χ1v) is 18.0. The second-order valence-electron chi connectivity index (χ2n) is 15.4. The van der Waals surface area contributed by atoms with E-state index in [9.17, 15) is 0 Å². The van der Waals surface area contributed by atoms with Gasteiger partial charge in [0.25, 0.3) is 6.71 Å². The zero-order valence-electron chi connectivity index (χ0n) is 28.4. The molecule has 0 amide bonds. The number of hydrogen-bond donors (Lipinski definition) is 0. The van der Waals surface area contributed by atoms with E-state index in [0.717, 1.165) is 0 Å². The summed E-state index contributed by atoms with van der Waals surface area (Å²) in [4.78, 5) is 0. The average molecular weight is 635 g/mol. The molecule has 0 radical (unpaired) electrons. The SMILES string of the molecule is Cc1cc2c3c(c1)c1cc(C)cc4c1n3-c1c(ccc3c1B2c1c2ccccc2cc2c(C)c(C)n-3c12)C41c2ccccc2-c2ccccc21. The van der Waals surface area contributed by atoms with Crippen LogP contribution in [0, 0.1) is 27.7 Å². The highest BCUT2D eigenvalue weighted by molar-refractivity contribution is 7.01. The van der Waals surface area contributed by atoms with Crippen molar-refractivity contribution in [3.8, 4) is 22.5 Å². The third kappa shape index (κ3) is 2.53. The molecule has 4 aliphatic rings. The highest BCUT2D eigenvalue weighted by atomic mass is 15.1. The summed E-state index contributed by atoms with van der Waals surface area (Å²) in [5.74, 6) is 0. The molecule has 0 N–H and O–H groups in total. The van der Waals surface area contributed by atoms with Gasteiger partial charge in [-0.2, -0.15) is 0 Å². The van der Waals surface area contributed by atoms with Crippen LogP contribution in [0.25, 0.3) is 66.0 Å². The summed E-state index contributed by atoms with van der Waals surface area (Å²) in [6, 6.07) is 45.0. The van der Waals surface area contributed by atoms with E-state index in [-0.39, 0.29) is 6.71 Å². The highest BCUT2D eigenvalue weighted by Crippen LogP contribution is 2.61. The molecule has 1 aliphatic carbocycles. The lowest BCUT2D eigenvalue weighted by Gasteiger charge is -2.44. The van der Waals surface area contributed by atoms with Crippen LogP contribution in [-0.4, -0.2) is 15.8 Å². The van der Waals surface area contributed by atoms with E-state index in [1.54, 1.807) is 0 Å². The maximum atomic E-state index is 2.71. The molecule has 0 saturated heterocycles. The summed E-state index contributed by atoms with van der Waals surface area (Å²) in [5.41, 5.74) is 24.5. The van der Waals surface area contributed by atoms with Crippen molar-refractivity contribution in [3.05, 3.63) is 160 Å². The van der Waals surface area contributed by atoms with E-state index in [2.05, 4.69) is 152 Å². The highest BCUT2D eigenvalue weighted by Gasteiger charge is 2.54. The lowest BCUT2D eigenvalue weighted by atomic mass is 9.33. The van der Waals surface area contributed by atoms with Crippen molar-refractivity contribution in [3.63, 3.8) is 0 Å². The van der Waals surface area contributed by atoms with Gasteiger partial charge in [-0.25, -0.2) is 0 Å². The summed E-state index contributed by atoms with van der Waals surface area (Å²) in [7, 11) is 0. The Bertz CT molecular complexity index is 3100. The number of aryl methyl sites for hydroxylation is 3. The van der Waals surface area contributed by atoms with Gasteiger partial charge >= 0.3 is 0 Å². The molecule has 0 bridgehead atoms. The van der Waals surface area contributed by atoms with Crippen molar-refractivity contribution < 1.29 is 0 Å². The van der Waals surface area contributed by atoms with E-state index in [1.165, 1.54) is 127 Å². The van der Waals surface area contributed by atoms with Gasteiger partial charge in [0.15, 0.2) is 0 Å². The van der Waals surface area contributed by atoms with Gasteiger partial charge in [-0.1, -0.05) is 102 Å². The van der Waals surface area contributed by atoms with Crippen molar-refractivity contribution in [2.45, 2.75) is 33.1 Å². The first kappa shape index (κ1) is 26.1. The quantitative estimate of drug-likeness (QED) is 0.148. The van der Waals surface area contributed by atoms with Crippen molar-refractivity contribution >= 4 is 66.6 Å². The van der Waals surface area contributed by atoms with E-state index < -0.39 is 5.41 Å². The third-order valence-electron chi connectivity index (χ3n) is 13.1. The maximum Gasteiger partial charge on any atom is 0.253 e. The fourth-order valence-corrected chi connectivity index (χ4v) is 11.4. The smallest absolute Gasteiger partial charge is 0.253 e. The summed E-state index contributed by atoms with van der Waals surface area (Å²) in [6.45, 7) is 9.35. The summed E-state index contributed by atoms with van der Waals surface area (Å²) >= 11 is 0. The van der Waals surface area contributed by atoms with E-state index in [0.29, 0.717) is 0 Å². The molecule has 3 aliphatic heterocycles. The minimum atomic E-state index is -0.431. The van der Waals surface area contributed by atoms with Crippen LogP contribution in [0.5, 0.6) is 0 Å². The fraction of sp³-hybridized carbons (Fsp3) is 0.106. The summed E-state index contributed by atoms with van der Waals surface area (Å²) in [5, 5.41) is 6.82. The molecule has 0 unspecified atom stereocenters. The molecule has 5 heterocycles. The van der Waals surface area contributed by atoms with E-state index >= 15 is 0 Å². The Morgan fingerprint density at radius 2 is 1.18 bits per heavy atom. The number of aromatic nitrogens is 2. The molecule has 0 saturated carbocycles. The second-order valence-corrected chi connectivity index (χ2v) is 15.4. The summed E-state index contributed by atoms with van der Waals surface area (Å²) < 4.78 is 5.33. The predicted molar refractivity (Wildman–Crippen MR) is 210 cm³/mol. The second kappa shape index (κ2) is 8.14. The molecule has 2 aromatic heterocycles. The van der Waals surface area contributed by atoms with Crippen molar-refractivity contribution in [1.29, 1.82) is 0 Å². The van der Waals surface area contributed by atoms with Gasteiger partial charge < -0.3 is 9.13 Å². The van der Waals surface area contributed by atoms with Crippen LogP contribution in [0.3, 0.4) is 0 Å². The van der Waals surface area contributed by atoms with Gasteiger partial charge in [-0.15, -0.1) is 0 Å². The Kier molecular flexibility index (Phi) is 4.26. The Labute approximate surface area is 290 Å². The molecule has 9 aromatic rings. The van der Waals surface area contributed by atoms with Crippen LogP contribution in [0.1, 0.15) is 44.6 Å². The standard InChI is InChI=1S/C47H31BN2/c1-24-19-33-34-20-25(2)22-39-44(34)50-43(33)38(21-24)47(35-15-9-7-13-30(35)31-14-8-10-16-36(31)47)37-17-18-40-42(46(37)50)48(39)41-29-12-6-5-11-28(29)23-32-26(3)27(4)49(40)45(32)41/h5-23H,1-4H3. The molecular weight excluding hydrogens is 603 g/mol. The lowest BCUT2D eigenvalue weighted by Crippen LogP contribution is -2.60. The first-order valence-electron chi connectivity index (χ1n) is 18.0. The molecule has 1 spiro atoms. The monoisotopic (exact) mass is 634 g/mol. The third-order valence-corrected chi connectivity index (χ3v) is 13.1. The molecule has 2 nitrogen and oxygen atoms in total. The van der Waals surface area contributed by atoms with Crippen molar-refractivity contribution in [2.24, 2.45) is 0 Å². The van der Waals surface area contributed by atoms with Crippen molar-refractivity contribution in [1.82, 2.24) is 9.13 Å². The van der Waals surface area contributed by atoms with Crippen LogP contribution in [0.15, 0.2) is 115 Å². The molecule has 7 aromatic carbocycles. The lowest BCUT2D eigenvalue weighted by molar-refractivity contribution is 0.748. The number of hydrogen-bond acceptors (Lipinski definition) is 0. The minimum Gasteiger partial charge on any atom is -0.315 e. The normalized spacial score (nSPS) is 14.9. The number of nitrogens with zero attached hydrogens (tertiary/aromatic N) is 2. The number of rotatable bonds is 0. The van der Waals surface area contributed by atoms with E-state index in [4.69, 9.17) is 0 Å². The first-order chi connectivity index (χ1) is 24.5. The Hall–Kier alpha value is -5.80. The number of benzene rings is 7. The van der Waals surface area contributed by atoms with Crippen LogP contribution in [0.4, 0.5) is 0 Å². The fourth-order valence-electron chi connectivity index (χ4n) is 11.4. The number of fused-ring (bicyclic) bond motifs is 13. The Morgan fingerprint density at radius 3 is 1.96 bits per heavy atom. The zero-order chi connectivity index (χ0) is 32.9.